The maximum Gasteiger partial charge on any atom is 0.179 e. The highest BCUT2D eigenvalue weighted by Crippen LogP contribution is 2.22. The summed E-state index contributed by atoms with van der Waals surface area (Å²) in [5.41, 5.74) is 13.0. The number of aliphatic imine (C=N–C) groups is 1. The first-order chi connectivity index (χ1) is 5.29. The molecular formula is C8H8N3. The summed E-state index contributed by atoms with van der Waals surface area (Å²) in [5, 5.41) is 0. The van der Waals surface area contributed by atoms with E-state index in [9.17, 15) is 0 Å². The molecule has 55 valence electrons. The van der Waals surface area contributed by atoms with Gasteiger partial charge in [0.05, 0.1) is 0 Å². The minimum absolute atomic E-state index is 0.512. The van der Waals surface area contributed by atoms with Crippen LogP contribution in [-0.2, 0) is 0 Å². The summed E-state index contributed by atoms with van der Waals surface area (Å²) in [6.45, 7) is 0. The fourth-order valence-corrected chi connectivity index (χ4v) is 1.18. The van der Waals surface area contributed by atoms with Crippen molar-refractivity contribution in [3.05, 3.63) is 41.6 Å². The third kappa shape index (κ3) is 0.816. The van der Waals surface area contributed by atoms with E-state index < -0.39 is 0 Å². The van der Waals surface area contributed by atoms with E-state index in [2.05, 4.69) is 4.99 Å². The minimum atomic E-state index is 0.512. The van der Waals surface area contributed by atoms with Crippen molar-refractivity contribution in [3.63, 3.8) is 0 Å². The Hall–Kier alpha value is -1.35. The van der Waals surface area contributed by atoms with Gasteiger partial charge in [-0.3, -0.25) is 5.73 Å². The molecule has 3 heteroatoms. The Balaban J connectivity index is 2.62. The van der Waals surface area contributed by atoms with Crippen LogP contribution in [0.5, 0.6) is 0 Å². The second kappa shape index (κ2) is 2.07. The molecule has 0 saturated carbocycles. The van der Waals surface area contributed by atoms with Crippen molar-refractivity contribution in [3.8, 4) is 0 Å². The normalized spacial score (nSPS) is 16.3. The lowest BCUT2D eigenvalue weighted by atomic mass is 10.1. The monoisotopic (exact) mass is 146 g/mol. The number of amidine groups is 1. The van der Waals surface area contributed by atoms with Gasteiger partial charge >= 0.3 is 0 Å². The Bertz CT molecular complexity index is 317. The van der Waals surface area contributed by atoms with Crippen LogP contribution in [0, 0.1) is 6.17 Å². The molecule has 1 aromatic rings. The van der Waals surface area contributed by atoms with Crippen LogP contribution in [0.1, 0.15) is 11.1 Å². The number of benzene rings is 1. The van der Waals surface area contributed by atoms with Gasteiger partial charge in [0.2, 0.25) is 0 Å². The Morgan fingerprint density at radius 3 is 2.27 bits per heavy atom. The third-order valence-electron chi connectivity index (χ3n) is 1.72. The van der Waals surface area contributed by atoms with Crippen LogP contribution < -0.4 is 11.5 Å². The van der Waals surface area contributed by atoms with Crippen molar-refractivity contribution in [2.24, 2.45) is 16.5 Å². The summed E-state index contributed by atoms with van der Waals surface area (Å²) in [6, 6.07) is 7.65. The summed E-state index contributed by atoms with van der Waals surface area (Å²) >= 11 is 0. The molecule has 0 spiro atoms. The summed E-state index contributed by atoms with van der Waals surface area (Å²) < 4.78 is 0. The molecule has 3 nitrogen and oxygen atoms in total. The molecule has 1 radical (unpaired) electrons. The number of hydrogen-bond donors (Lipinski definition) is 2. The lowest BCUT2D eigenvalue weighted by Gasteiger charge is -1.98. The summed E-state index contributed by atoms with van der Waals surface area (Å²) in [5.74, 6) is 0.512. The van der Waals surface area contributed by atoms with Gasteiger partial charge in [-0.05, 0) is 0 Å². The fourth-order valence-electron chi connectivity index (χ4n) is 1.18. The molecule has 0 amide bonds. The average molecular weight is 146 g/mol. The van der Waals surface area contributed by atoms with E-state index in [1.54, 1.807) is 0 Å². The van der Waals surface area contributed by atoms with Crippen molar-refractivity contribution in [1.29, 1.82) is 0 Å². The summed E-state index contributed by atoms with van der Waals surface area (Å²) in [4.78, 5) is 3.95. The lowest BCUT2D eigenvalue weighted by molar-refractivity contribution is 1.07. The van der Waals surface area contributed by atoms with Gasteiger partial charge in [0.1, 0.15) is 5.84 Å². The molecule has 1 aliphatic heterocycles. The van der Waals surface area contributed by atoms with Crippen LogP contribution in [0.4, 0.5) is 0 Å². The Morgan fingerprint density at radius 1 is 1.00 bits per heavy atom. The third-order valence-corrected chi connectivity index (χ3v) is 1.72. The molecule has 0 aliphatic carbocycles. The second-order valence-electron chi connectivity index (χ2n) is 2.43. The van der Waals surface area contributed by atoms with Crippen LogP contribution in [0.3, 0.4) is 0 Å². The first-order valence-corrected chi connectivity index (χ1v) is 3.35. The molecule has 0 aromatic heterocycles. The quantitative estimate of drug-likeness (QED) is 0.549. The first kappa shape index (κ1) is 6.37. The fraction of sp³-hybridized carbons (Fsp3) is 0. The summed E-state index contributed by atoms with van der Waals surface area (Å²) in [6.07, 6.45) is 0.512. The van der Waals surface area contributed by atoms with Gasteiger partial charge < -0.3 is 5.73 Å². The van der Waals surface area contributed by atoms with Gasteiger partial charge in [-0.15, -0.1) is 0 Å². The smallest absolute Gasteiger partial charge is 0.179 e. The van der Waals surface area contributed by atoms with Crippen molar-refractivity contribution in [1.82, 2.24) is 0 Å². The molecule has 1 aromatic carbocycles. The molecule has 11 heavy (non-hydrogen) atoms. The van der Waals surface area contributed by atoms with E-state index in [-0.39, 0.29) is 0 Å². The zero-order valence-electron chi connectivity index (χ0n) is 5.91. The standard InChI is InChI=1S/C8H8N3/c9-7-5-3-1-2-4-6(5)8(10)11-7/h1-4H,9H2,(H2,10,11). The molecule has 2 rings (SSSR count). The molecule has 0 bridgehead atoms. The largest absolute Gasteiger partial charge is 0.383 e. The van der Waals surface area contributed by atoms with Crippen molar-refractivity contribution in [2.45, 2.75) is 0 Å². The average Bonchev–Trinajstić information content (AvgIpc) is 2.30. The van der Waals surface area contributed by atoms with Gasteiger partial charge in [-0.1, -0.05) is 24.3 Å². The topological polar surface area (TPSA) is 64.4 Å². The van der Waals surface area contributed by atoms with Gasteiger partial charge in [0, 0.05) is 11.1 Å². The van der Waals surface area contributed by atoms with Gasteiger partial charge in [-0.25, -0.2) is 4.99 Å². The van der Waals surface area contributed by atoms with E-state index in [1.807, 2.05) is 24.3 Å². The SMILES string of the molecule is N[C]1N=C(N)c2ccccc21. The van der Waals surface area contributed by atoms with E-state index >= 15 is 0 Å². The summed E-state index contributed by atoms with van der Waals surface area (Å²) in [7, 11) is 0. The second-order valence-corrected chi connectivity index (χ2v) is 2.43. The Labute approximate surface area is 64.7 Å². The number of nitrogens with two attached hydrogens (primary N) is 2. The van der Waals surface area contributed by atoms with E-state index in [4.69, 9.17) is 11.5 Å². The maximum absolute atomic E-state index is 5.59. The molecular weight excluding hydrogens is 138 g/mol. The molecule has 0 saturated heterocycles. The minimum Gasteiger partial charge on any atom is -0.383 e. The highest BCUT2D eigenvalue weighted by molar-refractivity contribution is 6.02. The number of hydrogen-bond acceptors (Lipinski definition) is 3. The Kier molecular flexibility index (Phi) is 1.20. The number of nitrogens with zero attached hydrogens (tertiary/aromatic N) is 1. The van der Waals surface area contributed by atoms with Crippen LogP contribution in [0.25, 0.3) is 0 Å². The van der Waals surface area contributed by atoms with E-state index in [1.165, 1.54) is 0 Å². The number of fused-ring (bicyclic) bond motifs is 1. The van der Waals surface area contributed by atoms with Crippen LogP contribution in [-0.4, -0.2) is 5.84 Å². The maximum atomic E-state index is 5.59. The zero-order valence-corrected chi connectivity index (χ0v) is 5.91. The van der Waals surface area contributed by atoms with Crippen LogP contribution >= 0.6 is 0 Å². The number of rotatable bonds is 0. The highest BCUT2D eigenvalue weighted by atomic mass is 15.0. The molecule has 0 fully saturated rings. The zero-order chi connectivity index (χ0) is 7.84. The van der Waals surface area contributed by atoms with Crippen molar-refractivity contribution < 1.29 is 0 Å². The lowest BCUT2D eigenvalue weighted by Crippen LogP contribution is -2.09. The molecule has 0 unspecified atom stereocenters. The van der Waals surface area contributed by atoms with E-state index in [0.29, 0.717) is 12.0 Å². The highest BCUT2D eigenvalue weighted by Gasteiger charge is 2.19. The Morgan fingerprint density at radius 2 is 1.64 bits per heavy atom. The first-order valence-electron chi connectivity index (χ1n) is 3.35. The van der Waals surface area contributed by atoms with Crippen molar-refractivity contribution >= 4 is 5.84 Å². The molecule has 1 aliphatic rings. The van der Waals surface area contributed by atoms with E-state index in [0.717, 1.165) is 11.1 Å². The van der Waals surface area contributed by atoms with Crippen LogP contribution in [0.2, 0.25) is 0 Å². The van der Waals surface area contributed by atoms with Gasteiger partial charge in [-0.2, -0.15) is 0 Å². The van der Waals surface area contributed by atoms with Crippen LogP contribution in [0.15, 0.2) is 29.3 Å². The van der Waals surface area contributed by atoms with Gasteiger partial charge in [0.15, 0.2) is 6.17 Å². The predicted molar refractivity (Wildman–Crippen MR) is 43.7 cm³/mol. The predicted octanol–water partition coefficient (Wildman–Crippen LogP) is 0.202. The van der Waals surface area contributed by atoms with Crippen molar-refractivity contribution in [2.75, 3.05) is 0 Å². The molecule has 1 heterocycles. The van der Waals surface area contributed by atoms with Gasteiger partial charge in [0.25, 0.3) is 0 Å². The molecule has 4 N–H and O–H groups in total. The molecule has 0 atom stereocenters.